The van der Waals surface area contributed by atoms with Gasteiger partial charge >= 0.3 is 0 Å². The van der Waals surface area contributed by atoms with E-state index in [4.69, 9.17) is 4.74 Å². The molecule has 1 unspecified atom stereocenters. The van der Waals surface area contributed by atoms with Crippen LogP contribution in [0.3, 0.4) is 0 Å². The van der Waals surface area contributed by atoms with Gasteiger partial charge in [-0.1, -0.05) is 24.3 Å². The second-order valence-corrected chi connectivity index (χ2v) is 5.00. The Morgan fingerprint density at radius 3 is 3.00 bits per heavy atom. The molecule has 0 fully saturated rings. The molecule has 0 radical (unpaired) electrons. The van der Waals surface area contributed by atoms with Gasteiger partial charge in [-0.15, -0.1) is 0 Å². The molecule has 1 atom stereocenters. The zero-order valence-electron chi connectivity index (χ0n) is 11.1. The predicted molar refractivity (Wildman–Crippen MR) is 74.9 cm³/mol. The molecule has 3 nitrogen and oxygen atoms in total. The van der Waals surface area contributed by atoms with E-state index in [1.807, 2.05) is 18.3 Å². The number of aryl methyl sites for hydroxylation is 1. The first-order valence-electron chi connectivity index (χ1n) is 6.66. The number of fused-ring (bicyclic) bond motifs is 1. The van der Waals surface area contributed by atoms with Crippen LogP contribution in [-0.4, -0.2) is 23.2 Å². The first-order chi connectivity index (χ1) is 9.33. The second kappa shape index (κ2) is 5.41. The molecule has 98 valence electrons. The van der Waals surface area contributed by atoms with Gasteiger partial charge in [-0.25, -0.2) is 0 Å². The van der Waals surface area contributed by atoms with E-state index in [1.165, 1.54) is 11.1 Å². The normalized spacial score (nSPS) is 17.9. The molecule has 0 saturated heterocycles. The van der Waals surface area contributed by atoms with Crippen molar-refractivity contribution in [1.29, 1.82) is 0 Å². The summed E-state index contributed by atoms with van der Waals surface area (Å²) in [6.07, 6.45) is 5.98. The van der Waals surface area contributed by atoms with Gasteiger partial charge in [0.1, 0.15) is 5.75 Å². The molecule has 0 aliphatic carbocycles. The second-order valence-electron chi connectivity index (χ2n) is 5.00. The van der Waals surface area contributed by atoms with Crippen molar-refractivity contribution >= 4 is 0 Å². The Morgan fingerprint density at radius 2 is 2.16 bits per heavy atom. The Morgan fingerprint density at radius 1 is 1.26 bits per heavy atom. The first-order valence-corrected chi connectivity index (χ1v) is 6.66. The molecule has 3 heteroatoms. The van der Waals surface area contributed by atoms with E-state index in [-0.39, 0.29) is 6.23 Å². The highest BCUT2D eigenvalue weighted by molar-refractivity contribution is 5.35. The Balaban J connectivity index is 1.68. The molecular formula is C16H18N2O. The molecule has 1 aromatic carbocycles. The van der Waals surface area contributed by atoms with Crippen LogP contribution in [0, 0.1) is 0 Å². The van der Waals surface area contributed by atoms with Crippen molar-refractivity contribution in [3.8, 4) is 5.75 Å². The molecule has 3 rings (SSSR count). The Hall–Kier alpha value is -1.87. The van der Waals surface area contributed by atoms with E-state index in [1.54, 1.807) is 6.20 Å². The number of para-hydroxylation sites is 1. The fourth-order valence-corrected chi connectivity index (χ4v) is 2.50. The minimum absolute atomic E-state index is 0.148. The fourth-order valence-electron chi connectivity index (χ4n) is 2.50. The van der Waals surface area contributed by atoms with Crippen molar-refractivity contribution in [2.45, 2.75) is 25.6 Å². The molecule has 0 bridgehead atoms. The molecule has 1 aliphatic rings. The quantitative estimate of drug-likeness (QED) is 0.842. The summed E-state index contributed by atoms with van der Waals surface area (Å²) in [4.78, 5) is 6.39. The topological polar surface area (TPSA) is 25.4 Å². The van der Waals surface area contributed by atoms with Crippen LogP contribution in [-0.2, 0) is 13.0 Å². The number of aromatic nitrogens is 1. The average Bonchev–Trinajstić information content (AvgIpc) is 2.48. The van der Waals surface area contributed by atoms with E-state index in [2.05, 4.69) is 41.2 Å². The van der Waals surface area contributed by atoms with Crippen molar-refractivity contribution < 1.29 is 4.74 Å². The van der Waals surface area contributed by atoms with Gasteiger partial charge in [0.2, 0.25) is 0 Å². The van der Waals surface area contributed by atoms with Gasteiger partial charge in [0, 0.05) is 25.4 Å². The Kier molecular flexibility index (Phi) is 3.47. The predicted octanol–water partition coefficient (Wildman–Crippen LogP) is 2.86. The lowest BCUT2D eigenvalue weighted by Crippen LogP contribution is -2.38. The summed E-state index contributed by atoms with van der Waals surface area (Å²) in [7, 11) is 2.10. The molecule has 0 saturated carbocycles. The Labute approximate surface area is 113 Å². The van der Waals surface area contributed by atoms with Crippen LogP contribution in [0.4, 0.5) is 0 Å². The fraction of sp³-hybridized carbons (Fsp3) is 0.312. The van der Waals surface area contributed by atoms with Gasteiger partial charge in [-0.3, -0.25) is 9.88 Å². The average molecular weight is 254 g/mol. The van der Waals surface area contributed by atoms with Crippen LogP contribution < -0.4 is 4.74 Å². The van der Waals surface area contributed by atoms with Gasteiger partial charge < -0.3 is 4.74 Å². The summed E-state index contributed by atoms with van der Waals surface area (Å²) in [6, 6.07) is 12.4. The lowest BCUT2D eigenvalue weighted by atomic mass is 10.0. The smallest absolute Gasteiger partial charge is 0.153 e. The van der Waals surface area contributed by atoms with Crippen molar-refractivity contribution in [3.05, 3.63) is 59.9 Å². The highest BCUT2D eigenvalue weighted by Crippen LogP contribution is 2.28. The minimum atomic E-state index is 0.148. The zero-order chi connectivity index (χ0) is 13.1. The summed E-state index contributed by atoms with van der Waals surface area (Å²) in [5, 5.41) is 0. The van der Waals surface area contributed by atoms with E-state index in [9.17, 15) is 0 Å². The summed E-state index contributed by atoms with van der Waals surface area (Å²) in [5.41, 5.74) is 2.53. The van der Waals surface area contributed by atoms with Crippen LogP contribution in [0.1, 0.15) is 17.5 Å². The largest absolute Gasteiger partial charge is 0.475 e. The SMILES string of the molecule is CN(Cc1cccnc1)C1CCc2ccccc2O1. The summed E-state index contributed by atoms with van der Waals surface area (Å²) in [5.74, 6) is 1.02. The van der Waals surface area contributed by atoms with Crippen LogP contribution in [0.15, 0.2) is 48.8 Å². The summed E-state index contributed by atoms with van der Waals surface area (Å²) < 4.78 is 6.07. The highest BCUT2D eigenvalue weighted by Gasteiger charge is 2.22. The number of hydrogen-bond acceptors (Lipinski definition) is 3. The standard InChI is InChI=1S/C16H18N2O/c1-18(12-13-5-4-10-17-11-13)16-9-8-14-6-2-3-7-15(14)19-16/h2-7,10-11,16H,8-9,12H2,1H3. The van der Waals surface area contributed by atoms with E-state index < -0.39 is 0 Å². The maximum atomic E-state index is 6.07. The molecular weight excluding hydrogens is 236 g/mol. The zero-order valence-corrected chi connectivity index (χ0v) is 11.1. The van der Waals surface area contributed by atoms with Gasteiger partial charge in [0.15, 0.2) is 6.23 Å². The van der Waals surface area contributed by atoms with Crippen molar-refractivity contribution in [2.24, 2.45) is 0 Å². The van der Waals surface area contributed by atoms with Crippen LogP contribution in [0.25, 0.3) is 0 Å². The van der Waals surface area contributed by atoms with Gasteiger partial charge in [-0.05, 0) is 36.7 Å². The van der Waals surface area contributed by atoms with Gasteiger partial charge in [-0.2, -0.15) is 0 Å². The molecule has 19 heavy (non-hydrogen) atoms. The molecule has 0 amide bonds. The lowest BCUT2D eigenvalue weighted by molar-refractivity contribution is 0.0226. The number of hydrogen-bond donors (Lipinski definition) is 0. The van der Waals surface area contributed by atoms with E-state index >= 15 is 0 Å². The van der Waals surface area contributed by atoms with Crippen molar-refractivity contribution in [2.75, 3.05) is 7.05 Å². The maximum Gasteiger partial charge on any atom is 0.153 e. The molecule has 0 spiro atoms. The molecule has 2 aromatic rings. The Bertz CT molecular complexity index is 541. The third-order valence-corrected chi connectivity index (χ3v) is 3.54. The minimum Gasteiger partial charge on any atom is -0.475 e. The van der Waals surface area contributed by atoms with E-state index in [0.29, 0.717) is 0 Å². The van der Waals surface area contributed by atoms with E-state index in [0.717, 1.165) is 25.1 Å². The summed E-state index contributed by atoms with van der Waals surface area (Å²) >= 11 is 0. The number of pyridine rings is 1. The molecule has 1 aromatic heterocycles. The highest BCUT2D eigenvalue weighted by atomic mass is 16.5. The number of rotatable bonds is 3. The molecule has 1 aliphatic heterocycles. The lowest BCUT2D eigenvalue weighted by Gasteiger charge is -2.32. The number of ether oxygens (including phenoxy) is 1. The molecule has 2 heterocycles. The number of nitrogens with zero attached hydrogens (tertiary/aromatic N) is 2. The van der Waals surface area contributed by atoms with Gasteiger partial charge in [0.05, 0.1) is 0 Å². The third kappa shape index (κ3) is 2.76. The van der Waals surface area contributed by atoms with Crippen LogP contribution in [0.2, 0.25) is 0 Å². The summed E-state index contributed by atoms with van der Waals surface area (Å²) in [6.45, 7) is 0.862. The third-order valence-electron chi connectivity index (χ3n) is 3.54. The first kappa shape index (κ1) is 12.2. The monoisotopic (exact) mass is 254 g/mol. The maximum absolute atomic E-state index is 6.07. The molecule has 0 N–H and O–H groups in total. The van der Waals surface area contributed by atoms with Crippen LogP contribution in [0.5, 0.6) is 5.75 Å². The van der Waals surface area contributed by atoms with Crippen LogP contribution >= 0.6 is 0 Å². The number of benzene rings is 1. The van der Waals surface area contributed by atoms with Crippen molar-refractivity contribution in [1.82, 2.24) is 9.88 Å². The van der Waals surface area contributed by atoms with Gasteiger partial charge in [0.25, 0.3) is 0 Å². The van der Waals surface area contributed by atoms with Crippen molar-refractivity contribution in [3.63, 3.8) is 0 Å².